The van der Waals surface area contributed by atoms with Gasteiger partial charge in [0, 0.05) is 0 Å². The first kappa shape index (κ1) is 10.9. The fourth-order valence-corrected chi connectivity index (χ4v) is 2.37. The highest BCUT2D eigenvalue weighted by Crippen LogP contribution is 2.53. The van der Waals surface area contributed by atoms with Crippen LogP contribution in [0.5, 0.6) is 0 Å². The van der Waals surface area contributed by atoms with Gasteiger partial charge in [0.25, 0.3) is 0 Å². The molecular weight excluding hydrogens is 177 g/mol. The molecule has 0 spiro atoms. The Morgan fingerprint density at radius 1 is 1.00 bits per heavy atom. The zero-order chi connectivity index (χ0) is 10.1. The van der Waals surface area contributed by atoms with Crippen molar-refractivity contribution >= 4 is 0 Å². The van der Waals surface area contributed by atoms with Crippen LogP contribution in [0.2, 0.25) is 0 Å². The number of hydrogen-bond acceptors (Lipinski definition) is 0. The highest BCUT2D eigenvalue weighted by molar-refractivity contribution is 4.91. The maximum absolute atomic E-state index is 12.8. The summed E-state index contributed by atoms with van der Waals surface area (Å²) in [5, 5.41) is 0. The molecule has 1 aliphatic carbocycles. The number of rotatable bonds is 1. The third-order valence-corrected chi connectivity index (χ3v) is 3.42. The molecule has 1 saturated carbocycles. The summed E-state index contributed by atoms with van der Waals surface area (Å²) in [7, 11) is 0. The Balaban J connectivity index is 2.86. The molecule has 13 heavy (non-hydrogen) atoms. The van der Waals surface area contributed by atoms with Gasteiger partial charge in [0.05, 0.1) is 5.41 Å². The lowest BCUT2D eigenvalue weighted by atomic mass is 9.66. The third kappa shape index (κ3) is 1.84. The van der Waals surface area contributed by atoms with Crippen LogP contribution in [0, 0.1) is 11.3 Å². The Morgan fingerprint density at radius 2 is 1.46 bits per heavy atom. The summed E-state index contributed by atoms with van der Waals surface area (Å²) in [6.45, 7) is 3.39. The molecule has 0 bridgehead atoms. The first-order chi connectivity index (χ1) is 5.90. The number of alkyl halides is 3. The summed E-state index contributed by atoms with van der Waals surface area (Å²) in [6.07, 6.45) is -0.927. The molecule has 78 valence electrons. The molecule has 0 aromatic carbocycles. The van der Waals surface area contributed by atoms with Crippen molar-refractivity contribution in [3.63, 3.8) is 0 Å². The van der Waals surface area contributed by atoms with Crippen molar-refractivity contribution < 1.29 is 13.2 Å². The monoisotopic (exact) mass is 194 g/mol. The molecule has 0 aliphatic heterocycles. The summed E-state index contributed by atoms with van der Waals surface area (Å²) in [5.41, 5.74) is -1.38. The minimum Gasteiger partial charge on any atom is -0.170 e. The van der Waals surface area contributed by atoms with Crippen LogP contribution in [0.4, 0.5) is 13.2 Å². The van der Waals surface area contributed by atoms with E-state index < -0.39 is 11.6 Å². The summed E-state index contributed by atoms with van der Waals surface area (Å²) in [6, 6.07) is 0. The Kier molecular flexibility index (Phi) is 2.93. The molecule has 0 unspecified atom stereocenters. The third-order valence-electron chi connectivity index (χ3n) is 3.42. The van der Waals surface area contributed by atoms with E-state index in [2.05, 4.69) is 0 Å². The average molecular weight is 194 g/mol. The van der Waals surface area contributed by atoms with Crippen molar-refractivity contribution in [3.05, 3.63) is 0 Å². The molecule has 0 saturated heterocycles. The van der Waals surface area contributed by atoms with E-state index in [4.69, 9.17) is 0 Å². The molecule has 0 atom stereocenters. The molecule has 0 N–H and O–H groups in total. The van der Waals surface area contributed by atoms with E-state index in [-0.39, 0.29) is 5.92 Å². The lowest BCUT2D eigenvalue weighted by Gasteiger charge is -2.42. The van der Waals surface area contributed by atoms with Crippen LogP contribution in [-0.4, -0.2) is 6.18 Å². The standard InChI is InChI=1S/C10H17F3/c1-8(2)9(10(11,12)13)6-4-3-5-7-9/h8H,3-7H2,1-2H3. The second-order valence-electron chi connectivity index (χ2n) is 4.37. The average Bonchev–Trinajstić information content (AvgIpc) is 2.03. The first-order valence-corrected chi connectivity index (χ1v) is 4.97. The predicted molar refractivity (Wildman–Crippen MR) is 46.4 cm³/mol. The van der Waals surface area contributed by atoms with Crippen LogP contribution in [0.15, 0.2) is 0 Å². The Morgan fingerprint density at radius 3 is 1.69 bits per heavy atom. The van der Waals surface area contributed by atoms with Crippen LogP contribution >= 0.6 is 0 Å². The van der Waals surface area contributed by atoms with Crippen molar-refractivity contribution in [1.29, 1.82) is 0 Å². The molecule has 0 aromatic heterocycles. The molecule has 1 rings (SSSR count). The van der Waals surface area contributed by atoms with Gasteiger partial charge in [-0.25, -0.2) is 0 Å². The Hall–Kier alpha value is -0.210. The molecule has 1 aliphatic rings. The van der Waals surface area contributed by atoms with Gasteiger partial charge < -0.3 is 0 Å². The van der Waals surface area contributed by atoms with Crippen LogP contribution < -0.4 is 0 Å². The van der Waals surface area contributed by atoms with Gasteiger partial charge in [0.2, 0.25) is 0 Å². The normalized spacial score (nSPS) is 23.5. The van der Waals surface area contributed by atoms with Gasteiger partial charge in [-0.1, -0.05) is 33.1 Å². The SMILES string of the molecule is CC(C)C1(C(F)(F)F)CCCCC1. The van der Waals surface area contributed by atoms with Crippen LogP contribution in [0.1, 0.15) is 46.0 Å². The highest BCUT2D eigenvalue weighted by Gasteiger charge is 2.56. The summed E-state index contributed by atoms with van der Waals surface area (Å²) >= 11 is 0. The van der Waals surface area contributed by atoms with Crippen LogP contribution in [0.3, 0.4) is 0 Å². The highest BCUT2D eigenvalue weighted by atomic mass is 19.4. The second kappa shape index (κ2) is 3.50. The summed E-state index contributed by atoms with van der Waals surface area (Å²) in [5.74, 6) is -0.284. The van der Waals surface area contributed by atoms with Crippen molar-refractivity contribution in [2.45, 2.75) is 52.1 Å². The van der Waals surface area contributed by atoms with Gasteiger partial charge in [-0.05, 0) is 18.8 Å². The maximum atomic E-state index is 12.8. The quantitative estimate of drug-likeness (QED) is 0.588. The minimum atomic E-state index is -4.01. The van der Waals surface area contributed by atoms with E-state index in [1.807, 2.05) is 0 Å². The second-order valence-corrected chi connectivity index (χ2v) is 4.37. The van der Waals surface area contributed by atoms with E-state index in [9.17, 15) is 13.2 Å². The minimum absolute atomic E-state index is 0.284. The fourth-order valence-electron chi connectivity index (χ4n) is 2.37. The predicted octanol–water partition coefficient (Wildman–Crippen LogP) is 4.16. The topological polar surface area (TPSA) is 0 Å². The first-order valence-electron chi connectivity index (χ1n) is 4.97. The van der Waals surface area contributed by atoms with Gasteiger partial charge in [-0.15, -0.1) is 0 Å². The molecule has 0 radical (unpaired) electrons. The van der Waals surface area contributed by atoms with E-state index in [0.717, 1.165) is 19.3 Å². The largest absolute Gasteiger partial charge is 0.394 e. The molecular formula is C10H17F3. The Bertz CT molecular complexity index is 163. The van der Waals surface area contributed by atoms with E-state index in [1.165, 1.54) is 0 Å². The van der Waals surface area contributed by atoms with Gasteiger partial charge in [-0.2, -0.15) is 13.2 Å². The number of halogens is 3. The van der Waals surface area contributed by atoms with Crippen molar-refractivity contribution in [2.24, 2.45) is 11.3 Å². The lowest BCUT2D eigenvalue weighted by molar-refractivity contribution is -0.250. The lowest BCUT2D eigenvalue weighted by Crippen LogP contribution is -2.43. The molecule has 0 heterocycles. The number of hydrogen-bond donors (Lipinski definition) is 0. The zero-order valence-corrected chi connectivity index (χ0v) is 8.25. The Labute approximate surface area is 77.5 Å². The maximum Gasteiger partial charge on any atom is 0.394 e. The van der Waals surface area contributed by atoms with E-state index in [1.54, 1.807) is 13.8 Å². The van der Waals surface area contributed by atoms with Crippen molar-refractivity contribution in [3.8, 4) is 0 Å². The van der Waals surface area contributed by atoms with E-state index >= 15 is 0 Å². The molecule has 0 nitrogen and oxygen atoms in total. The molecule has 0 amide bonds. The van der Waals surface area contributed by atoms with Crippen LogP contribution in [0.25, 0.3) is 0 Å². The van der Waals surface area contributed by atoms with Gasteiger partial charge in [0.15, 0.2) is 0 Å². The summed E-state index contributed by atoms with van der Waals surface area (Å²) in [4.78, 5) is 0. The van der Waals surface area contributed by atoms with Crippen LogP contribution in [-0.2, 0) is 0 Å². The smallest absolute Gasteiger partial charge is 0.170 e. The van der Waals surface area contributed by atoms with Crippen molar-refractivity contribution in [1.82, 2.24) is 0 Å². The fraction of sp³-hybridized carbons (Fsp3) is 1.00. The molecule has 1 fully saturated rings. The summed E-state index contributed by atoms with van der Waals surface area (Å²) < 4.78 is 38.5. The van der Waals surface area contributed by atoms with Crippen molar-refractivity contribution in [2.75, 3.05) is 0 Å². The van der Waals surface area contributed by atoms with E-state index in [0.29, 0.717) is 12.8 Å². The van der Waals surface area contributed by atoms with Gasteiger partial charge >= 0.3 is 6.18 Å². The molecule has 0 aromatic rings. The zero-order valence-electron chi connectivity index (χ0n) is 8.25. The van der Waals surface area contributed by atoms with Gasteiger partial charge in [0.1, 0.15) is 0 Å². The van der Waals surface area contributed by atoms with Gasteiger partial charge in [-0.3, -0.25) is 0 Å². The molecule has 3 heteroatoms.